The van der Waals surface area contributed by atoms with Crippen molar-refractivity contribution in [2.45, 2.75) is 52.2 Å². The van der Waals surface area contributed by atoms with E-state index in [1.807, 2.05) is 20.8 Å². The first kappa shape index (κ1) is 16.9. The summed E-state index contributed by atoms with van der Waals surface area (Å²) in [5.41, 5.74) is -0.398. The molecule has 1 rings (SSSR count). The van der Waals surface area contributed by atoms with Crippen LogP contribution in [0.15, 0.2) is 0 Å². The highest BCUT2D eigenvalue weighted by Gasteiger charge is 2.36. The molecule has 0 radical (unpaired) electrons. The molecule has 1 heterocycles. The quantitative estimate of drug-likeness (QED) is 0.717. The van der Waals surface area contributed by atoms with E-state index < -0.39 is 15.6 Å². The summed E-state index contributed by atoms with van der Waals surface area (Å²) >= 11 is 0. The van der Waals surface area contributed by atoms with Crippen LogP contribution < -0.4 is 5.32 Å². The van der Waals surface area contributed by atoms with Crippen molar-refractivity contribution in [3.05, 3.63) is 0 Å². The third-order valence-electron chi connectivity index (χ3n) is 3.11. The van der Waals surface area contributed by atoms with E-state index >= 15 is 0 Å². The number of ether oxygens (including phenoxy) is 1. The largest absolute Gasteiger partial charge is 0.370 e. The molecule has 1 atom stereocenters. The van der Waals surface area contributed by atoms with Gasteiger partial charge in [0.2, 0.25) is 10.0 Å². The molecular weight excluding hydrogens is 264 g/mol. The maximum atomic E-state index is 12.3. The lowest BCUT2D eigenvalue weighted by atomic mass is 10.1. The Bertz CT molecular complexity index is 368. The molecule has 19 heavy (non-hydrogen) atoms. The molecule has 0 saturated carbocycles. The van der Waals surface area contributed by atoms with Crippen molar-refractivity contribution in [2.24, 2.45) is 0 Å². The number of sulfonamides is 1. The lowest BCUT2D eigenvalue weighted by molar-refractivity contribution is -0.109. The van der Waals surface area contributed by atoms with Gasteiger partial charge in [-0.3, -0.25) is 0 Å². The van der Waals surface area contributed by atoms with E-state index in [4.69, 9.17) is 4.74 Å². The van der Waals surface area contributed by atoms with Crippen LogP contribution in [-0.4, -0.2) is 56.4 Å². The zero-order valence-corrected chi connectivity index (χ0v) is 13.4. The van der Waals surface area contributed by atoms with Gasteiger partial charge in [-0.15, -0.1) is 0 Å². The summed E-state index contributed by atoms with van der Waals surface area (Å²) in [4.78, 5) is 0. The maximum Gasteiger partial charge on any atom is 0.214 e. The first-order chi connectivity index (χ1) is 8.77. The van der Waals surface area contributed by atoms with Crippen LogP contribution in [0.4, 0.5) is 0 Å². The first-order valence-corrected chi connectivity index (χ1v) is 8.74. The molecule has 5 nitrogen and oxygen atoms in total. The highest BCUT2D eigenvalue weighted by atomic mass is 32.2. The molecule has 0 amide bonds. The molecule has 1 saturated heterocycles. The topological polar surface area (TPSA) is 58.6 Å². The summed E-state index contributed by atoms with van der Waals surface area (Å²) < 4.78 is 31.9. The number of hydrogen-bond donors (Lipinski definition) is 1. The molecule has 0 aromatic heterocycles. The lowest BCUT2D eigenvalue weighted by Gasteiger charge is -2.40. The minimum absolute atomic E-state index is 0.0447. The van der Waals surface area contributed by atoms with E-state index in [1.54, 1.807) is 4.31 Å². The van der Waals surface area contributed by atoms with Gasteiger partial charge in [0.15, 0.2) is 0 Å². The van der Waals surface area contributed by atoms with E-state index in [-0.39, 0.29) is 11.9 Å². The third-order valence-corrected chi connectivity index (χ3v) is 4.98. The van der Waals surface area contributed by atoms with Crippen LogP contribution in [0.5, 0.6) is 0 Å². The number of rotatable bonds is 7. The average Bonchev–Trinajstić information content (AvgIpc) is 2.26. The highest BCUT2D eigenvalue weighted by molar-refractivity contribution is 7.89. The molecule has 1 fully saturated rings. The Kier molecular flexibility index (Phi) is 6.23. The Morgan fingerprint density at radius 3 is 2.63 bits per heavy atom. The van der Waals surface area contributed by atoms with Crippen LogP contribution in [0, 0.1) is 0 Å². The van der Waals surface area contributed by atoms with Crippen LogP contribution in [0.25, 0.3) is 0 Å². The van der Waals surface area contributed by atoms with Gasteiger partial charge >= 0.3 is 0 Å². The van der Waals surface area contributed by atoms with E-state index in [9.17, 15) is 8.42 Å². The molecule has 1 N–H and O–H groups in total. The van der Waals surface area contributed by atoms with Gasteiger partial charge in [-0.25, -0.2) is 8.42 Å². The van der Waals surface area contributed by atoms with Crippen LogP contribution >= 0.6 is 0 Å². The summed E-state index contributed by atoms with van der Waals surface area (Å²) in [5.74, 6) is 0.215. The summed E-state index contributed by atoms with van der Waals surface area (Å²) in [6.45, 7) is 10.5. The van der Waals surface area contributed by atoms with Crippen molar-refractivity contribution in [1.29, 1.82) is 0 Å². The predicted molar refractivity (Wildman–Crippen MR) is 77.8 cm³/mol. The third kappa shape index (κ3) is 5.77. The summed E-state index contributed by atoms with van der Waals surface area (Å²) in [6, 6.07) is 0. The van der Waals surface area contributed by atoms with Gasteiger partial charge in [0.25, 0.3) is 0 Å². The van der Waals surface area contributed by atoms with Crippen molar-refractivity contribution in [2.75, 3.05) is 31.9 Å². The van der Waals surface area contributed by atoms with Gasteiger partial charge in [-0.1, -0.05) is 6.92 Å². The standard InChI is InChI=1S/C13H28N2O3S/c1-5-7-14-8-6-9-19(16,17)15-10-12(2)18-13(3,4)11-15/h12,14H,5-11H2,1-4H3. The van der Waals surface area contributed by atoms with Gasteiger partial charge in [0, 0.05) is 13.1 Å². The summed E-state index contributed by atoms with van der Waals surface area (Å²) in [5, 5.41) is 3.23. The van der Waals surface area contributed by atoms with E-state index in [1.165, 1.54) is 0 Å². The molecule has 1 unspecified atom stereocenters. The Morgan fingerprint density at radius 2 is 2.05 bits per heavy atom. The number of nitrogens with zero attached hydrogens (tertiary/aromatic N) is 1. The van der Waals surface area contributed by atoms with E-state index in [0.29, 0.717) is 19.5 Å². The molecule has 0 aromatic rings. The first-order valence-electron chi connectivity index (χ1n) is 7.13. The molecule has 0 spiro atoms. The molecule has 0 bridgehead atoms. The lowest BCUT2D eigenvalue weighted by Crippen LogP contribution is -2.54. The van der Waals surface area contributed by atoms with Crippen molar-refractivity contribution in [3.8, 4) is 0 Å². The second-order valence-electron chi connectivity index (χ2n) is 5.90. The Hall–Kier alpha value is -0.170. The minimum Gasteiger partial charge on any atom is -0.370 e. The smallest absolute Gasteiger partial charge is 0.214 e. The predicted octanol–water partition coefficient (Wildman–Crippen LogP) is 1.21. The van der Waals surface area contributed by atoms with Gasteiger partial charge in [-0.05, 0) is 46.7 Å². The fraction of sp³-hybridized carbons (Fsp3) is 1.00. The zero-order chi connectivity index (χ0) is 14.5. The molecule has 1 aliphatic heterocycles. The summed E-state index contributed by atoms with van der Waals surface area (Å²) in [7, 11) is -3.16. The fourth-order valence-electron chi connectivity index (χ4n) is 2.42. The number of nitrogens with one attached hydrogen (secondary N) is 1. The normalized spacial score (nSPS) is 24.5. The average molecular weight is 292 g/mol. The second kappa shape index (κ2) is 7.02. The second-order valence-corrected chi connectivity index (χ2v) is 7.99. The van der Waals surface area contributed by atoms with Gasteiger partial charge in [0.1, 0.15) is 0 Å². The van der Waals surface area contributed by atoms with Crippen molar-refractivity contribution >= 4 is 10.0 Å². The number of hydrogen-bond acceptors (Lipinski definition) is 4. The fourth-order valence-corrected chi connectivity index (χ4v) is 4.13. The number of morpholine rings is 1. The van der Waals surface area contributed by atoms with Gasteiger partial charge in [-0.2, -0.15) is 4.31 Å². The summed E-state index contributed by atoms with van der Waals surface area (Å²) in [6.07, 6.45) is 1.69. The monoisotopic (exact) mass is 292 g/mol. The zero-order valence-electron chi connectivity index (χ0n) is 12.6. The molecule has 1 aliphatic rings. The SMILES string of the molecule is CCCNCCCS(=O)(=O)N1CC(C)OC(C)(C)C1. The van der Waals surface area contributed by atoms with Gasteiger partial charge < -0.3 is 10.1 Å². The Morgan fingerprint density at radius 1 is 1.37 bits per heavy atom. The van der Waals surface area contributed by atoms with Crippen molar-refractivity contribution in [1.82, 2.24) is 9.62 Å². The molecule has 6 heteroatoms. The van der Waals surface area contributed by atoms with E-state index in [0.717, 1.165) is 19.5 Å². The Balaban J connectivity index is 2.47. The minimum atomic E-state index is -3.16. The maximum absolute atomic E-state index is 12.3. The Labute approximate surface area is 117 Å². The molecule has 114 valence electrons. The molecular formula is C13H28N2O3S. The van der Waals surface area contributed by atoms with Crippen LogP contribution in [0.1, 0.15) is 40.5 Å². The van der Waals surface area contributed by atoms with Crippen LogP contribution in [-0.2, 0) is 14.8 Å². The van der Waals surface area contributed by atoms with Gasteiger partial charge in [0.05, 0.1) is 17.5 Å². The van der Waals surface area contributed by atoms with Crippen LogP contribution in [0.2, 0.25) is 0 Å². The molecule has 0 aromatic carbocycles. The van der Waals surface area contributed by atoms with E-state index in [2.05, 4.69) is 12.2 Å². The highest BCUT2D eigenvalue weighted by Crippen LogP contribution is 2.23. The molecule has 0 aliphatic carbocycles. The van der Waals surface area contributed by atoms with Crippen molar-refractivity contribution < 1.29 is 13.2 Å². The van der Waals surface area contributed by atoms with Crippen molar-refractivity contribution in [3.63, 3.8) is 0 Å². The van der Waals surface area contributed by atoms with Crippen LogP contribution in [0.3, 0.4) is 0 Å².